The quantitative estimate of drug-likeness (QED) is 0.811. The third-order valence-corrected chi connectivity index (χ3v) is 4.37. The van der Waals surface area contributed by atoms with E-state index in [-0.39, 0.29) is 0 Å². The van der Waals surface area contributed by atoms with Gasteiger partial charge in [-0.15, -0.1) is 0 Å². The molecule has 0 aliphatic carbocycles. The zero-order valence-corrected chi connectivity index (χ0v) is 13.7. The third-order valence-electron chi connectivity index (χ3n) is 4.15. The van der Waals surface area contributed by atoms with Crippen molar-refractivity contribution in [3.8, 4) is 5.75 Å². The van der Waals surface area contributed by atoms with Crippen LogP contribution in [0.1, 0.15) is 18.9 Å². The van der Waals surface area contributed by atoms with Gasteiger partial charge in [-0.1, -0.05) is 31.3 Å². The van der Waals surface area contributed by atoms with Crippen molar-refractivity contribution in [1.29, 1.82) is 0 Å². The number of ether oxygens (including phenoxy) is 1. The van der Waals surface area contributed by atoms with E-state index in [0.29, 0.717) is 17.6 Å². The zero-order chi connectivity index (χ0) is 15.2. The van der Waals surface area contributed by atoms with Gasteiger partial charge >= 0.3 is 0 Å². The number of piperazine rings is 1. The van der Waals surface area contributed by atoms with Crippen LogP contribution in [0.3, 0.4) is 0 Å². The molecule has 0 saturated carbocycles. The normalized spacial score (nSPS) is 20.4. The number of nitrogens with two attached hydrogens (primary N) is 1. The number of benzene rings is 1. The highest BCUT2D eigenvalue weighted by atomic mass is 32.1. The molecule has 1 atom stereocenters. The van der Waals surface area contributed by atoms with Gasteiger partial charge in [-0.3, -0.25) is 4.90 Å². The lowest BCUT2D eigenvalue weighted by molar-refractivity contribution is 0.0824. The Hall–Kier alpha value is -1.17. The summed E-state index contributed by atoms with van der Waals surface area (Å²) in [6, 6.07) is 8.35. The molecule has 0 aromatic heterocycles. The smallest absolute Gasteiger partial charge is 0.129 e. The van der Waals surface area contributed by atoms with Crippen LogP contribution in [0.4, 0.5) is 0 Å². The van der Waals surface area contributed by atoms with E-state index >= 15 is 0 Å². The summed E-state index contributed by atoms with van der Waals surface area (Å²) in [5.41, 5.74) is 6.53. The van der Waals surface area contributed by atoms with Crippen molar-refractivity contribution in [2.45, 2.75) is 19.4 Å². The van der Waals surface area contributed by atoms with Gasteiger partial charge in [0.15, 0.2) is 0 Å². The van der Waals surface area contributed by atoms with Crippen LogP contribution in [0, 0.1) is 0 Å². The largest absolute Gasteiger partial charge is 0.492 e. The number of thiocarbonyl (C=S) groups is 1. The molecule has 1 aromatic rings. The fourth-order valence-corrected chi connectivity index (χ4v) is 2.90. The lowest BCUT2D eigenvalue weighted by Gasteiger charge is -2.39. The minimum atomic E-state index is 0.385. The number of para-hydroxylation sites is 1. The predicted octanol–water partition coefficient (Wildman–Crippen LogP) is 1.73. The summed E-state index contributed by atoms with van der Waals surface area (Å²) in [4.78, 5) is 5.30. The molecule has 1 aliphatic heterocycles. The Kier molecular flexibility index (Phi) is 5.96. The van der Waals surface area contributed by atoms with Crippen molar-refractivity contribution < 1.29 is 4.74 Å². The van der Waals surface area contributed by atoms with Gasteiger partial charge in [0, 0.05) is 32.2 Å². The Morgan fingerprint density at radius 2 is 2.14 bits per heavy atom. The first-order valence-corrected chi connectivity index (χ1v) is 7.97. The van der Waals surface area contributed by atoms with Crippen LogP contribution in [-0.4, -0.2) is 60.7 Å². The zero-order valence-electron chi connectivity index (χ0n) is 12.9. The molecule has 1 aromatic carbocycles. The monoisotopic (exact) mass is 307 g/mol. The lowest BCUT2D eigenvalue weighted by atomic mass is 10.1. The molecule has 1 fully saturated rings. The van der Waals surface area contributed by atoms with Gasteiger partial charge in [0.2, 0.25) is 0 Å². The van der Waals surface area contributed by atoms with Gasteiger partial charge in [-0.25, -0.2) is 0 Å². The molecule has 1 heterocycles. The molecule has 0 bridgehead atoms. The third kappa shape index (κ3) is 4.40. The van der Waals surface area contributed by atoms with Crippen LogP contribution in [0.15, 0.2) is 24.3 Å². The van der Waals surface area contributed by atoms with Crippen molar-refractivity contribution in [3.63, 3.8) is 0 Å². The first-order valence-electron chi connectivity index (χ1n) is 7.56. The highest BCUT2D eigenvalue weighted by Crippen LogP contribution is 2.18. The Morgan fingerprint density at radius 1 is 1.38 bits per heavy atom. The van der Waals surface area contributed by atoms with E-state index in [9.17, 15) is 0 Å². The maximum absolute atomic E-state index is 5.87. The van der Waals surface area contributed by atoms with E-state index in [1.807, 2.05) is 24.3 Å². The minimum absolute atomic E-state index is 0.385. The van der Waals surface area contributed by atoms with Gasteiger partial charge in [0.25, 0.3) is 0 Å². The van der Waals surface area contributed by atoms with Crippen LogP contribution in [-0.2, 0) is 0 Å². The molecule has 0 radical (unpaired) electrons. The second-order valence-electron chi connectivity index (χ2n) is 5.55. The summed E-state index contributed by atoms with van der Waals surface area (Å²) in [6.07, 6.45) is 1.19. The van der Waals surface area contributed by atoms with Crippen molar-refractivity contribution in [2.24, 2.45) is 5.73 Å². The Balaban J connectivity index is 1.83. The Bertz CT molecular complexity index is 480. The van der Waals surface area contributed by atoms with Crippen LogP contribution < -0.4 is 10.5 Å². The Labute approximate surface area is 132 Å². The average Bonchev–Trinajstić information content (AvgIpc) is 2.49. The molecular formula is C16H25N3OS. The summed E-state index contributed by atoms with van der Waals surface area (Å²) in [6.45, 7) is 7.21. The van der Waals surface area contributed by atoms with E-state index in [1.54, 1.807) is 0 Å². The number of likely N-dealkylation sites (N-methyl/N-ethyl adjacent to an activating group) is 1. The van der Waals surface area contributed by atoms with Crippen molar-refractivity contribution >= 4 is 17.2 Å². The molecule has 0 amide bonds. The first kappa shape index (κ1) is 16.2. The van der Waals surface area contributed by atoms with Gasteiger partial charge in [-0.05, 0) is 25.6 Å². The van der Waals surface area contributed by atoms with Crippen LogP contribution >= 0.6 is 12.2 Å². The second-order valence-corrected chi connectivity index (χ2v) is 5.99. The SMILES string of the molecule is CCC1CN(CCOc2ccccc2C(N)=S)CCN1C. The molecule has 2 rings (SSSR count). The van der Waals surface area contributed by atoms with Crippen molar-refractivity contribution in [2.75, 3.05) is 39.8 Å². The highest BCUT2D eigenvalue weighted by molar-refractivity contribution is 7.80. The predicted molar refractivity (Wildman–Crippen MR) is 91.0 cm³/mol. The van der Waals surface area contributed by atoms with E-state index in [4.69, 9.17) is 22.7 Å². The summed E-state index contributed by atoms with van der Waals surface area (Å²) < 4.78 is 5.87. The van der Waals surface area contributed by atoms with Crippen molar-refractivity contribution in [1.82, 2.24) is 9.80 Å². The summed E-state index contributed by atoms with van der Waals surface area (Å²) in [5, 5.41) is 0. The second kappa shape index (κ2) is 7.73. The number of rotatable bonds is 6. The molecule has 116 valence electrons. The molecule has 0 spiro atoms. The fraction of sp³-hybridized carbons (Fsp3) is 0.562. The molecule has 1 aliphatic rings. The van der Waals surface area contributed by atoms with E-state index in [2.05, 4.69) is 23.8 Å². The standard InChI is InChI=1S/C16H25N3OS/c1-3-13-12-19(9-8-18(13)2)10-11-20-15-7-5-4-6-14(15)16(17)21/h4-7,13H,3,8-12H2,1-2H3,(H2,17,21). The van der Waals surface area contributed by atoms with E-state index in [1.165, 1.54) is 6.42 Å². The summed E-state index contributed by atoms with van der Waals surface area (Å²) in [7, 11) is 2.21. The molecule has 2 N–H and O–H groups in total. The Morgan fingerprint density at radius 3 is 2.86 bits per heavy atom. The van der Waals surface area contributed by atoms with Crippen molar-refractivity contribution in [3.05, 3.63) is 29.8 Å². The summed E-state index contributed by atoms with van der Waals surface area (Å²) in [5.74, 6) is 0.783. The first-order chi connectivity index (χ1) is 10.1. The maximum Gasteiger partial charge on any atom is 0.129 e. The van der Waals surface area contributed by atoms with Gasteiger partial charge < -0.3 is 15.4 Å². The van der Waals surface area contributed by atoms with Crippen LogP contribution in [0.5, 0.6) is 5.75 Å². The lowest BCUT2D eigenvalue weighted by Crippen LogP contribution is -2.51. The number of hydrogen-bond acceptors (Lipinski definition) is 4. The van der Waals surface area contributed by atoms with Gasteiger partial charge in [0.05, 0.1) is 5.56 Å². The molecular weight excluding hydrogens is 282 g/mol. The molecule has 1 saturated heterocycles. The molecule has 4 nitrogen and oxygen atoms in total. The molecule has 1 unspecified atom stereocenters. The highest BCUT2D eigenvalue weighted by Gasteiger charge is 2.22. The van der Waals surface area contributed by atoms with E-state index in [0.717, 1.165) is 37.5 Å². The van der Waals surface area contributed by atoms with Crippen LogP contribution in [0.25, 0.3) is 0 Å². The molecule has 21 heavy (non-hydrogen) atoms. The van der Waals surface area contributed by atoms with Gasteiger partial charge in [0.1, 0.15) is 17.3 Å². The topological polar surface area (TPSA) is 41.7 Å². The number of hydrogen-bond donors (Lipinski definition) is 1. The fourth-order valence-electron chi connectivity index (χ4n) is 2.74. The molecule has 5 heteroatoms. The average molecular weight is 307 g/mol. The van der Waals surface area contributed by atoms with E-state index < -0.39 is 0 Å². The van der Waals surface area contributed by atoms with Gasteiger partial charge in [-0.2, -0.15) is 0 Å². The minimum Gasteiger partial charge on any atom is -0.492 e. The maximum atomic E-state index is 5.87. The number of nitrogens with zero attached hydrogens (tertiary/aromatic N) is 2. The van der Waals surface area contributed by atoms with Crippen LogP contribution in [0.2, 0.25) is 0 Å². The summed E-state index contributed by atoms with van der Waals surface area (Å²) >= 11 is 5.05.